The van der Waals surface area contributed by atoms with Gasteiger partial charge in [0.1, 0.15) is 0 Å². The van der Waals surface area contributed by atoms with Crippen LogP contribution in [0, 0.1) is 0 Å². The maximum absolute atomic E-state index is 9.86. The number of fused-ring (bicyclic) bond motifs is 2. The standard InChI is InChI=1S/C22H24O8/c1-24-18-14(9-17-21(22(18)26-3)30-12-28-17)7-5-4-6-13-8-16-20(29-11-27-16)19(25-2)15(13)10-23/h4-5,8-9,23H,6-7,10-12H2,1-3H3/b5-4+. The molecule has 0 fully saturated rings. The van der Waals surface area contributed by atoms with Crippen molar-refractivity contribution in [3.8, 4) is 40.2 Å². The monoisotopic (exact) mass is 416 g/mol. The smallest absolute Gasteiger partial charge is 0.231 e. The molecule has 0 aliphatic carbocycles. The van der Waals surface area contributed by atoms with Gasteiger partial charge in [0.25, 0.3) is 0 Å². The van der Waals surface area contributed by atoms with Gasteiger partial charge in [-0.2, -0.15) is 0 Å². The van der Waals surface area contributed by atoms with Gasteiger partial charge in [0.15, 0.2) is 23.0 Å². The molecule has 0 unspecified atom stereocenters. The highest BCUT2D eigenvalue weighted by Crippen LogP contribution is 2.49. The molecule has 2 aliphatic rings. The Morgan fingerprint density at radius 3 is 1.87 bits per heavy atom. The summed E-state index contributed by atoms with van der Waals surface area (Å²) in [6, 6.07) is 3.78. The van der Waals surface area contributed by atoms with E-state index in [0.29, 0.717) is 58.7 Å². The zero-order chi connectivity index (χ0) is 21.1. The van der Waals surface area contributed by atoms with E-state index in [1.807, 2.05) is 24.3 Å². The second-order valence-corrected chi connectivity index (χ2v) is 6.66. The third-order valence-corrected chi connectivity index (χ3v) is 5.08. The molecule has 0 radical (unpaired) electrons. The summed E-state index contributed by atoms with van der Waals surface area (Å²) < 4.78 is 38.4. The number of rotatable bonds is 8. The molecule has 2 heterocycles. The lowest BCUT2D eigenvalue weighted by Crippen LogP contribution is -2.00. The lowest BCUT2D eigenvalue weighted by atomic mass is 10.0. The van der Waals surface area contributed by atoms with Crippen molar-refractivity contribution in [1.29, 1.82) is 0 Å². The minimum atomic E-state index is -0.157. The minimum absolute atomic E-state index is 0.140. The molecule has 2 aromatic rings. The fourth-order valence-corrected chi connectivity index (χ4v) is 3.70. The van der Waals surface area contributed by atoms with Crippen molar-refractivity contribution in [2.45, 2.75) is 19.4 Å². The van der Waals surface area contributed by atoms with E-state index in [4.69, 9.17) is 33.2 Å². The molecule has 0 atom stereocenters. The van der Waals surface area contributed by atoms with Crippen LogP contribution in [0.4, 0.5) is 0 Å². The molecule has 0 aromatic heterocycles. The van der Waals surface area contributed by atoms with Gasteiger partial charge in [-0.3, -0.25) is 0 Å². The Kier molecular flexibility index (Phi) is 5.76. The zero-order valence-corrected chi connectivity index (χ0v) is 17.1. The van der Waals surface area contributed by atoms with Gasteiger partial charge in [-0.1, -0.05) is 12.2 Å². The fourth-order valence-electron chi connectivity index (χ4n) is 3.70. The molecule has 2 aromatic carbocycles. The first-order chi connectivity index (χ1) is 14.7. The topological polar surface area (TPSA) is 84.8 Å². The molecule has 4 rings (SSSR count). The molecular formula is C22H24O8. The highest BCUT2D eigenvalue weighted by atomic mass is 16.7. The first-order valence-corrected chi connectivity index (χ1v) is 9.49. The molecule has 0 bridgehead atoms. The maximum Gasteiger partial charge on any atom is 0.231 e. The van der Waals surface area contributed by atoms with Crippen LogP contribution in [-0.4, -0.2) is 40.0 Å². The van der Waals surface area contributed by atoms with Gasteiger partial charge in [-0.05, 0) is 30.5 Å². The van der Waals surface area contributed by atoms with E-state index in [2.05, 4.69) is 0 Å². The Labute approximate surface area is 174 Å². The van der Waals surface area contributed by atoms with Crippen molar-refractivity contribution in [3.63, 3.8) is 0 Å². The van der Waals surface area contributed by atoms with Crippen molar-refractivity contribution in [1.82, 2.24) is 0 Å². The molecule has 0 saturated heterocycles. The first kappa shape index (κ1) is 20.0. The van der Waals surface area contributed by atoms with Gasteiger partial charge in [0.05, 0.1) is 27.9 Å². The third kappa shape index (κ3) is 3.43. The average Bonchev–Trinajstić information content (AvgIpc) is 3.43. The Morgan fingerprint density at radius 2 is 1.30 bits per heavy atom. The normalized spacial score (nSPS) is 13.7. The Balaban J connectivity index is 1.56. The van der Waals surface area contributed by atoms with E-state index in [1.165, 1.54) is 0 Å². The Morgan fingerprint density at radius 1 is 0.767 bits per heavy atom. The number of hydrogen-bond acceptors (Lipinski definition) is 8. The van der Waals surface area contributed by atoms with E-state index >= 15 is 0 Å². The van der Waals surface area contributed by atoms with Crippen molar-refractivity contribution < 1.29 is 38.3 Å². The number of aliphatic hydroxyl groups is 1. The van der Waals surface area contributed by atoms with Crippen LogP contribution in [0.1, 0.15) is 16.7 Å². The molecule has 1 N–H and O–H groups in total. The summed E-state index contributed by atoms with van der Waals surface area (Å²) in [6.45, 7) is 0.141. The van der Waals surface area contributed by atoms with Gasteiger partial charge in [0, 0.05) is 11.1 Å². The van der Waals surface area contributed by atoms with Crippen LogP contribution >= 0.6 is 0 Å². The minimum Gasteiger partial charge on any atom is -0.492 e. The molecule has 8 nitrogen and oxygen atoms in total. The lowest BCUT2D eigenvalue weighted by molar-refractivity contribution is 0.170. The van der Waals surface area contributed by atoms with E-state index in [9.17, 15) is 5.11 Å². The molecular weight excluding hydrogens is 392 g/mol. The first-order valence-electron chi connectivity index (χ1n) is 9.49. The van der Waals surface area contributed by atoms with Crippen molar-refractivity contribution >= 4 is 0 Å². The average molecular weight is 416 g/mol. The SMILES string of the molecule is COc1c(C/C=C/Cc2cc3c(c(OC)c2CO)OCO3)cc2c(c1OC)OCO2. The fraction of sp³-hybridized carbons (Fsp3) is 0.364. The quantitative estimate of drug-likeness (QED) is 0.658. The number of hydrogen-bond donors (Lipinski definition) is 1. The van der Waals surface area contributed by atoms with Crippen molar-refractivity contribution in [2.75, 3.05) is 34.9 Å². The zero-order valence-electron chi connectivity index (χ0n) is 17.1. The van der Waals surface area contributed by atoms with Crippen LogP contribution in [0.25, 0.3) is 0 Å². The van der Waals surface area contributed by atoms with Gasteiger partial charge >= 0.3 is 0 Å². The Hall–Kier alpha value is -3.26. The number of ether oxygens (including phenoxy) is 7. The van der Waals surface area contributed by atoms with Crippen LogP contribution in [-0.2, 0) is 19.4 Å². The summed E-state index contributed by atoms with van der Waals surface area (Å²) in [4.78, 5) is 0. The predicted octanol–water partition coefficient (Wildman–Crippen LogP) is 3.00. The van der Waals surface area contributed by atoms with Gasteiger partial charge in [-0.25, -0.2) is 0 Å². The van der Waals surface area contributed by atoms with E-state index < -0.39 is 0 Å². The molecule has 0 amide bonds. The van der Waals surface area contributed by atoms with Crippen LogP contribution in [0.3, 0.4) is 0 Å². The summed E-state index contributed by atoms with van der Waals surface area (Å²) >= 11 is 0. The molecule has 30 heavy (non-hydrogen) atoms. The number of benzene rings is 2. The van der Waals surface area contributed by atoms with E-state index in [1.54, 1.807) is 21.3 Å². The van der Waals surface area contributed by atoms with E-state index in [0.717, 1.165) is 11.1 Å². The molecule has 0 spiro atoms. The lowest BCUT2D eigenvalue weighted by Gasteiger charge is -2.14. The second kappa shape index (κ2) is 8.62. The number of methoxy groups -OCH3 is 3. The van der Waals surface area contributed by atoms with Crippen LogP contribution in [0.5, 0.6) is 40.2 Å². The highest BCUT2D eigenvalue weighted by Gasteiger charge is 2.26. The molecule has 8 heteroatoms. The van der Waals surface area contributed by atoms with Crippen LogP contribution in [0.15, 0.2) is 24.3 Å². The van der Waals surface area contributed by atoms with Crippen LogP contribution < -0.4 is 33.2 Å². The summed E-state index contributed by atoms with van der Waals surface area (Å²) in [5, 5.41) is 9.86. The number of aliphatic hydroxyl groups excluding tert-OH is 1. The summed E-state index contributed by atoms with van der Waals surface area (Å²) in [7, 11) is 4.72. The van der Waals surface area contributed by atoms with Gasteiger partial charge < -0.3 is 38.3 Å². The second-order valence-electron chi connectivity index (χ2n) is 6.66. The molecule has 0 saturated carbocycles. The third-order valence-electron chi connectivity index (χ3n) is 5.08. The summed E-state index contributed by atoms with van der Waals surface area (Å²) in [6.07, 6.45) is 5.24. The van der Waals surface area contributed by atoms with E-state index in [-0.39, 0.29) is 20.2 Å². The molecule has 2 aliphatic heterocycles. The van der Waals surface area contributed by atoms with Crippen molar-refractivity contribution in [2.24, 2.45) is 0 Å². The summed E-state index contributed by atoms with van der Waals surface area (Å²) in [5.41, 5.74) is 2.51. The maximum atomic E-state index is 9.86. The van der Waals surface area contributed by atoms with Gasteiger partial charge in [0.2, 0.25) is 30.8 Å². The highest BCUT2D eigenvalue weighted by molar-refractivity contribution is 5.64. The van der Waals surface area contributed by atoms with Gasteiger partial charge in [-0.15, -0.1) is 0 Å². The van der Waals surface area contributed by atoms with Crippen LogP contribution in [0.2, 0.25) is 0 Å². The largest absolute Gasteiger partial charge is 0.492 e. The molecule has 160 valence electrons. The number of allylic oxidation sites excluding steroid dienone is 2. The van der Waals surface area contributed by atoms with Crippen molar-refractivity contribution in [3.05, 3.63) is 41.0 Å². The summed E-state index contributed by atoms with van der Waals surface area (Å²) in [5.74, 6) is 4.01. The predicted molar refractivity (Wildman–Crippen MR) is 107 cm³/mol. The Bertz CT molecular complexity index is 889.